The number of alkyl halides is 3. The molecule has 1 aromatic heterocycles. The minimum atomic E-state index is -4.41. The van der Waals surface area contributed by atoms with Crippen LogP contribution >= 0.6 is 15.9 Å². The lowest BCUT2D eigenvalue weighted by atomic mass is 10.3. The zero-order chi connectivity index (χ0) is 13.8. The van der Waals surface area contributed by atoms with Crippen LogP contribution in [0.3, 0.4) is 0 Å². The smallest absolute Gasteiger partial charge is 0.328 e. The molecule has 1 rings (SSSR count). The number of carbonyl (C=O) groups excluding carboxylic acids is 1. The van der Waals surface area contributed by atoms with Crippen molar-refractivity contribution in [2.45, 2.75) is 19.5 Å². The van der Waals surface area contributed by atoms with Gasteiger partial charge in [-0.2, -0.15) is 13.2 Å². The van der Waals surface area contributed by atoms with Gasteiger partial charge in [0, 0.05) is 6.54 Å². The number of aromatic nitrogens is 1. The van der Waals surface area contributed by atoms with E-state index in [4.69, 9.17) is 0 Å². The molecular formula is C11H12BrF3N2O. The first-order valence-electron chi connectivity index (χ1n) is 5.32. The molecule has 0 fully saturated rings. The summed E-state index contributed by atoms with van der Waals surface area (Å²) in [6.45, 7) is 0.505. The summed E-state index contributed by atoms with van der Waals surface area (Å²) >= 11 is 3.08. The van der Waals surface area contributed by atoms with Crippen molar-refractivity contribution in [3.05, 3.63) is 28.5 Å². The van der Waals surface area contributed by atoms with Crippen molar-refractivity contribution in [1.29, 1.82) is 0 Å². The molecule has 0 aliphatic rings. The zero-order valence-corrected chi connectivity index (χ0v) is 11.3. The van der Waals surface area contributed by atoms with Crippen molar-refractivity contribution >= 4 is 21.8 Å². The van der Waals surface area contributed by atoms with Gasteiger partial charge in [0.25, 0.3) is 5.91 Å². The number of nitrogens with zero attached hydrogens (tertiary/aromatic N) is 2. The second-order valence-electron chi connectivity index (χ2n) is 3.69. The average molecular weight is 325 g/mol. The Morgan fingerprint density at radius 2 is 2.11 bits per heavy atom. The molecule has 1 heterocycles. The standard InChI is InChI=1S/C11H12BrF3N2O/c1-2-6-17(7-11(13,14)15)10(18)8-4-3-5-9(12)16-8/h3-5H,2,6-7H2,1H3. The van der Waals surface area contributed by atoms with E-state index in [9.17, 15) is 18.0 Å². The van der Waals surface area contributed by atoms with E-state index in [2.05, 4.69) is 20.9 Å². The molecule has 0 aliphatic heterocycles. The maximum Gasteiger partial charge on any atom is 0.406 e. The van der Waals surface area contributed by atoms with Gasteiger partial charge < -0.3 is 4.90 Å². The number of rotatable bonds is 4. The summed E-state index contributed by atoms with van der Waals surface area (Å²) in [6.07, 6.45) is -3.95. The van der Waals surface area contributed by atoms with Gasteiger partial charge >= 0.3 is 6.18 Å². The van der Waals surface area contributed by atoms with E-state index in [-0.39, 0.29) is 12.2 Å². The SMILES string of the molecule is CCCN(CC(F)(F)F)C(=O)c1cccc(Br)n1. The minimum Gasteiger partial charge on any atom is -0.328 e. The van der Waals surface area contributed by atoms with E-state index in [0.717, 1.165) is 4.90 Å². The van der Waals surface area contributed by atoms with E-state index in [1.807, 2.05) is 0 Å². The summed E-state index contributed by atoms with van der Waals surface area (Å²) < 4.78 is 37.5. The summed E-state index contributed by atoms with van der Waals surface area (Å²) in [5.41, 5.74) is 0.00192. The van der Waals surface area contributed by atoms with E-state index >= 15 is 0 Å². The number of pyridine rings is 1. The average Bonchev–Trinajstić information content (AvgIpc) is 2.26. The van der Waals surface area contributed by atoms with Crippen LogP contribution < -0.4 is 0 Å². The van der Waals surface area contributed by atoms with Gasteiger partial charge in [-0.05, 0) is 34.5 Å². The number of amides is 1. The Morgan fingerprint density at radius 1 is 1.44 bits per heavy atom. The van der Waals surface area contributed by atoms with Crippen molar-refractivity contribution < 1.29 is 18.0 Å². The van der Waals surface area contributed by atoms with E-state index < -0.39 is 18.6 Å². The third kappa shape index (κ3) is 4.64. The van der Waals surface area contributed by atoms with E-state index in [0.29, 0.717) is 11.0 Å². The fourth-order valence-corrected chi connectivity index (χ4v) is 1.77. The van der Waals surface area contributed by atoms with E-state index in [1.165, 1.54) is 6.07 Å². The molecule has 0 unspecified atom stereocenters. The fourth-order valence-electron chi connectivity index (χ4n) is 1.43. The lowest BCUT2D eigenvalue weighted by Gasteiger charge is -2.23. The summed E-state index contributed by atoms with van der Waals surface area (Å²) in [6, 6.07) is 4.55. The fraction of sp³-hybridized carbons (Fsp3) is 0.455. The van der Waals surface area contributed by atoms with Crippen LogP contribution in [0.5, 0.6) is 0 Å². The molecule has 0 N–H and O–H groups in total. The molecule has 7 heteroatoms. The van der Waals surface area contributed by atoms with Crippen LogP contribution in [0.4, 0.5) is 13.2 Å². The van der Waals surface area contributed by atoms with Gasteiger partial charge in [-0.15, -0.1) is 0 Å². The highest BCUT2D eigenvalue weighted by Crippen LogP contribution is 2.18. The van der Waals surface area contributed by atoms with E-state index in [1.54, 1.807) is 19.1 Å². The topological polar surface area (TPSA) is 33.2 Å². The van der Waals surface area contributed by atoms with Crippen LogP contribution in [0.2, 0.25) is 0 Å². The van der Waals surface area contributed by atoms with Gasteiger partial charge in [0.05, 0.1) is 0 Å². The van der Waals surface area contributed by atoms with Crippen LogP contribution in [0.1, 0.15) is 23.8 Å². The molecule has 0 radical (unpaired) electrons. The third-order valence-electron chi connectivity index (χ3n) is 2.09. The molecule has 0 saturated heterocycles. The molecule has 0 aromatic carbocycles. The first-order chi connectivity index (χ1) is 8.33. The van der Waals surface area contributed by atoms with Crippen molar-refractivity contribution in [2.24, 2.45) is 0 Å². The Balaban J connectivity index is 2.89. The Labute approximate surface area is 111 Å². The zero-order valence-electron chi connectivity index (χ0n) is 9.67. The highest BCUT2D eigenvalue weighted by atomic mass is 79.9. The van der Waals surface area contributed by atoms with Crippen LogP contribution in [0.15, 0.2) is 22.8 Å². The number of hydrogen-bond acceptors (Lipinski definition) is 2. The Kier molecular flexibility index (Phi) is 5.13. The largest absolute Gasteiger partial charge is 0.406 e. The normalized spacial score (nSPS) is 11.4. The lowest BCUT2D eigenvalue weighted by molar-refractivity contribution is -0.140. The van der Waals surface area contributed by atoms with Crippen molar-refractivity contribution in [3.8, 4) is 0 Å². The van der Waals surface area contributed by atoms with Crippen molar-refractivity contribution in [1.82, 2.24) is 9.88 Å². The molecule has 1 aromatic rings. The molecule has 0 spiro atoms. The maximum atomic E-state index is 12.4. The predicted octanol–water partition coefficient (Wildman–Crippen LogP) is 3.26. The van der Waals surface area contributed by atoms with Crippen molar-refractivity contribution in [2.75, 3.05) is 13.1 Å². The first kappa shape index (κ1) is 14.9. The lowest BCUT2D eigenvalue weighted by Crippen LogP contribution is -2.39. The predicted molar refractivity (Wildman–Crippen MR) is 64.2 cm³/mol. The van der Waals surface area contributed by atoms with Crippen molar-refractivity contribution in [3.63, 3.8) is 0 Å². The summed E-state index contributed by atoms with van der Waals surface area (Å²) in [5.74, 6) is -0.713. The molecule has 3 nitrogen and oxygen atoms in total. The molecule has 0 bridgehead atoms. The first-order valence-corrected chi connectivity index (χ1v) is 6.11. The Bertz CT molecular complexity index is 423. The molecular weight excluding hydrogens is 313 g/mol. The number of carbonyl (C=O) groups is 1. The number of halogens is 4. The van der Waals surface area contributed by atoms with Crippen LogP contribution in [-0.4, -0.2) is 35.1 Å². The second kappa shape index (κ2) is 6.17. The highest BCUT2D eigenvalue weighted by molar-refractivity contribution is 9.10. The minimum absolute atomic E-state index is 0.00192. The molecule has 0 aliphatic carbocycles. The van der Waals surface area contributed by atoms with Gasteiger partial charge in [0.1, 0.15) is 16.8 Å². The Morgan fingerprint density at radius 3 is 2.61 bits per heavy atom. The summed E-state index contributed by atoms with van der Waals surface area (Å²) in [5, 5.41) is 0. The molecule has 0 atom stereocenters. The number of hydrogen-bond donors (Lipinski definition) is 0. The van der Waals surface area contributed by atoms with Crippen LogP contribution in [0.25, 0.3) is 0 Å². The summed E-state index contributed by atoms with van der Waals surface area (Å²) in [4.78, 5) is 16.5. The van der Waals surface area contributed by atoms with Crippen LogP contribution in [0, 0.1) is 0 Å². The van der Waals surface area contributed by atoms with Gasteiger partial charge in [-0.1, -0.05) is 13.0 Å². The second-order valence-corrected chi connectivity index (χ2v) is 4.50. The Hall–Kier alpha value is -1.11. The quantitative estimate of drug-likeness (QED) is 0.796. The van der Waals surface area contributed by atoms with Gasteiger partial charge in [-0.25, -0.2) is 4.98 Å². The molecule has 0 saturated carbocycles. The third-order valence-corrected chi connectivity index (χ3v) is 2.53. The van der Waals surface area contributed by atoms with Gasteiger partial charge in [0.15, 0.2) is 0 Å². The molecule has 100 valence electrons. The molecule has 18 heavy (non-hydrogen) atoms. The highest BCUT2D eigenvalue weighted by Gasteiger charge is 2.33. The van der Waals surface area contributed by atoms with Gasteiger partial charge in [-0.3, -0.25) is 4.79 Å². The molecule has 1 amide bonds. The van der Waals surface area contributed by atoms with Crippen LogP contribution in [-0.2, 0) is 0 Å². The van der Waals surface area contributed by atoms with Gasteiger partial charge in [0.2, 0.25) is 0 Å². The summed E-state index contributed by atoms with van der Waals surface area (Å²) in [7, 11) is 0. The monoisotopic (exact) mass is 324 g/mol. The maximum absolute atomic E-state index is 12.4.